The summed E-state index contributed by atoms with van der Waals surface area (Å²) >= 11 is 8.85. The third kappa shape index (κ3) is 21.3. The standard InChI is InChI=1S/C23H27N7O.C14H20N4O.C14H24N2O3.C9H8BrN3.C9H16N2O.C5H5ClN2/c1-18-8-12-24-22(27-18)28-15-10-23(11-16-28)9-4-7-21(31)29(23)17-19-5-2-3-6-20(19)30-25-13-14-26-30;1-11-4-8-15-13(16-11)18-9-6-14(7-10-18)5-2-3-12(19)17-14;1-13(2,3)19-12(18)16-9-7-14(8-10-16)6-4-5-11(17)15-14;10-7-8-3-1-2-4-9(8)13-11-5-6-12-13;12-8-2-1-3-9(11-8)4-6-10-7-5-9;1-4-2-3-7-5(6)8-4/h2-3,5-6,8,12-14H,4,7,9-11,15-17H2,1H3;4,8H,2-3,5-7,9-10H2,1H3,(H,17,19);4-10H2,1-3H3,(H,15,17);1-6H,7H2;10H,1-7H2,(H,11,12);2-3H,1H3. The molecule has 4 spiro atoms. The fraction of sp³-hybridized carbons (Fsp3) is 0.554. The van der Waals surface area contributed by atoms with Gasteiger partial charge in [-0.3, -0.25) is 19.2 Å². The molecular weight excluding hydrogens is 1380 g/mol. The van der Waals surface area contributed by atoms with Gasteiger partial charge in [-0.05, 0) is 210 Å². The second kappa shape index (κ2) is 35.6. The van der Waals surface area contributed by atoms with Gasteiger partial charge in [-0.1, -0.05) is 52.3 Å². The highest BCUT2D eigenvalue weighted by Gasteiger charge is 2.46. The monoisotopic (exact) mass is 1480 g/mol. The van der Waals surface area contributed by atoms with E-state index in [0.29, 0.717) is 44.2 Å². The molecule has 8 saturated heterocycles. The van der Waals surface area contributed by atoms with Crippen molar-refractivity contribution in [1.82, 2.24) is 91.0 Å². The minimum absolute atomic E-state index is 0.0374. The molecule has 5 amide bonds. The Morgan fingerprint density at radius 1 is 0.510 bits per heavy atom. The van der Waals surface area contributed by atoms with Crippen LogP contribution in [0.4, 0.5) is 16.7 Å². The van der Waals surface area contributed by atoms with E-state index in [1.807, 2.05) is 109 Å². The lowest BCUT2D eigenvalue weighted by atomic mass is 9.78. The van der Waals surface area contributed by atoms with Crippen LogP contribution in [0, 0.1) is 20.8 Å². The Bertz CT molecular complexity index is 3840. The molecule has 4 N–H and O–H groups in total. The number of halogens is 2. The van der Waals surface area contributed by atoms with E-state index in [1.165, 1.54) is 12.0 Å². The van der Waals surface area contributed by atoms with Crippen LogP contribution in [0.3, 0.4) is 0 Å². The lowest BCUT2D eigenvalue weighted by molar-refractivity contribution is -0.144. The first-order chi connectivity index (χ1) is 49.1. The second-order valence-corrected chi connectivity index (χ2v) is 29.7. The van der Waals surface area contributed by atoms with Crippen LogP contribution in [0.2, 0.25) is 5.28 Å². The molecule has 0 bridgehead atoms. The lowest BCUT2D eigenvalue weighted by Gasteiger charge is -2.51. The van der Waals surface area contributed by atoms with Crippen LogP contribution in [0.1, 0.15) is 177 Å². The van der Waals surface area contributed by atoms with Gasteiger partial charge in [-0.25, -0.2) is 34.7 Å². The van der Waals surface area contributed by atoms with Crippen molar-refractivity contribution >= 4 is 69.1 Å². The molecule has 0 unspecified atom stereocenters. The van der Waals surface area contributed by atoms with Crippen molar-refractivity contribution < 1.29 is 28.7 Å². The summed E-state index contributed by atoms with van der Waals surface area (Å²) in [6.07, 6.45) is 30.5. The van der Waals surface area contributed by atoms with E-state index in [9.17, 15) is 24.0 Å². The number of piperidine rings is 8. The maximum atomic E-state index is 13.1. The van der Waals surface area contributed by atoms with Gasteiger partial charge in [0, 0.05) is 135 Å². The number of ether oxygens (including phenoxy) is 1. The average molecular weight is 1480 g/mol. The Labute approximate surface area is 612 Å². The number of alkyl halides is 1. The van der Waals surface area contributed by atoms with E-state index in [2.05, 4.69) is 108 Å². The number of benzene rings is 2. The van der Waals surface area contributed by atoms with Crippen LogP contribution in [0.15, 0.2) is 110 Å². The Kier molecular flexibility index (Phi) is 26.5. The summed E-state index contributed by atoms with van der Waals surface area (Å²) in [6.45, 7) is 19.0. The van der Waals surface area contributed by atoms with Crippen LogP contribution in [-0.2, 0) is 35.8 Å². The number of anilines is 2. The Balaban J connectivity index is 0.000000139. The van der Waals surface area contributed by atoms with Gasteiger partial charge in [-0.15, -0.1) is 0 Å². The van der Waals surface area contributed by atoms with Crippen LogP contribution in [0.25, 0.3) is 11.4 Å². The molecule has 13 heterocycles. The zero-order chi connectivity index (χ0) is 72.2. The third-order valence-corrected chi connectivity index (χ3v) is 21.1. The van der Waals surface area contributed by atoms with Gasteiger partial charge in [0.1, 0.15) is 5.60 Å². The number of carbonyl (C=O) groups is 5. The second-order valence-electron chi connectivity index (χ2n) is 28.8. The molecule has 546 valence electrons. The maximum absolute atomic E-state index is 13.1. The Morgan fingerprint density at radius 2 is 0.931 bits per heavy atom. The molecule has 26 nitrogen and oxygen atoms in total. The molecule has 102 heavy (non-hydrogen) atoms. The average Bonchev–Trinajstić information content (AvgIpc) is 0.791. The van der Waals surface area contributed by atoms with E-state index in [4.69, 9.17) is 16.3 Å². The number of aryl methyl sites for hydroxylation is 3. The zero-order valence-corrected chi connectivity index (χ0v) is 62.3. The molecule has 0 radical (unpaired) electrons. The van der Waals surface area contributed by atoms with E-state index in [1.54, 1.807) is 51.5 Å². The van der Waals surface area contributed by atoms with Crippen molar-refractivity contribution in [2.75, 3.05) is 62.2 Å². The van der Waals surface area contributed by atoms with Gasteiger partial charge in [0.2, 0.25) is 40.8 Å². The zero-order valence-electron chi connectivity index (χ0n) is 60.0. The first-order valence-corrected chi connectivity index (χ1v) is 37.5. The SMILES string of the molecule is BrCc1ccccc1-n1nccn1.CC(C)(C)OC(=O)N1CCC2(CCCC(=O)N2)CC1.Cc1ccnc(Cl)n1.Cc1ccnc(N2CCC3(CCCC(=O)N3)CC2)n1.Cc1ccnc(N2CCC3(CCCC(=O)N3Cc3ccccc3-n3nccn3)CC2)n1.O=C1CCCC2(CCNCC2)N1. The number of para-hydroxylation sites is 2. The summed E-state index contributed by atoms with van der Waals surface area (Å²) in [5.41, 5.74) is 6.62. The van der Waals surface area contributed by atoms with E-state index in [-0.39, 0.29) is 51.9 Å². The molecule has 7 aromatic rings. The summed E-state index contributed by atoms with van der Waals surface area (Å²) < 4.78 is 5.37. The van der Waals surface area contributed by atoms with Gasteiger partial charge in [0.25, 0.3) is 0 Å². The molecule has 8 fully saturated rings. The molecule has 28 heteroatoms. The third-order valence-electron chi connectivity index (χ3n) is 20.3. The first kappa shape index (κ1) is 76.1. The van der Waals surface area contributed by atoms with Gasteiger partial charge < -0.3 is 45.6 Å². The number of nitrogens with zero attached hydrogens (tertiary/aromatic N) is 16. The quantitative estimate of drug-likeness (QED) is 0.0852. The number of nitrogens with one attached hydrogen (secondary N) is 4. The number of carbonyl (C=O) groups excluding carboxylic acids is 5. The predicted octanol–water partition coefficient (Wildman–Crippen LogP) is 10.4. The fourth-order valence-electron chi connectivity index (χ4n) is 14.7. The molecule has 8 aliphatic rings. The molecule has 0 aliphatic carbocycles. The van der Waals surface area contributed by atoms with Crippen molar-refractivity contribution in [2.45, 2.75) is 210 Å². The number of hydrogen-bond acceptors (Lipinski definition) is 19. The number of amides is 5. The van der Waals surface area contributed by atoms with E-state index >= 15 is 0 Å². The van der Waals surface area contributed by atoms with E-state index in [0.717, 1.165) is 193 Å². The molecule has 15 rings (SSSR count). The fourth-order valence-corrected chi connectivity index (χ4v) is 15.4. The number of aromatic nitrogens is 12. The van der Waals surface area contributed by atoms with Crippen molar-refractivity contribution in [2.24, 2.45) is 0 Å². The van der Waals surface area contributed by atoms with Gasteiger partial charge in [0.15, 0.2) is 0 Å². The Hall–Kier alpha value is -8.56. The molecule has 5 aromatic heterocycles. The smallest absolute Gasteiger partial charge is 0.410 e. The van der Waals surface area contributed by atoms with Gasteiger partial charge in [-0.2, -0.15) is 30.0 Å². The van der Waals surface area contributed by atoms with Crippen LogP contribution in [0.5, 0.6) is 0 Å². The van der Waals surface area contributed by atoms with Crippen molar-refractivity contribution in [3.63, 3.8) is 0 Å². The van der Waals surface area contributed by atoms with E-state index < -0.39 is 5.60 Å². The van der Waals surface area contributed by atoms with Crippen molar-refractivity contribution in [1.29, 1.82) is 0 Å². The largest absolute Gasteiger partial charge is 0.444 e. The number of rotatable bonds is 7. The highest BCUT2D eigenvalue weighted by molar-refractivity contribution is 9.08. The molecular formula is C74H100BrClN20O6. The molecule has 0 saturated carbocycles. The molecule has 2 aromatic carbocycles. The summed E-state index contributed by atoms with van der Waals surface area (Å²) in [4.78, 5) is 96.4. The van der Waals surface area contributed by atoms with Crippen molar-refractivity contribution in [3.05, 3.63) is 144 Å². The van der Waals surface area contributed by atoms with Crippen LogP contribution in [-0.4, -0.2) is 180 Å². The summed E-state index contributed by atoms with van der Waals surface area (Å²) in [5.74, 6) is 2.47. The molecule has 8 aliphatic heterocycles. The minimum Gasteiger partial charge on any atom is -0.444 e. The molecule has 0 atom stereocenters. The van der Waals surface area contributed by atoms with Gasteiger partial charge in [0.05, 0.1) is 36.2 Å². The van der Waals surface area contributed by atoms with Crippen molar-refractivity contribution in [3.8, 4) is 11.4 Å². The highest BCUT2D eigenvalue weighted by atomic mass is 79.9. The highest BCUT2D eigenvalue weighted by Crippen LogP contribution is 2.41. The van der Waals surface area contributed by atoms with Crippen LogP contribution < -0.4 is 31.1 Å². The normalized spacial score (nSPS) is 19.5. The van der Waals surface area contributed by atoms with Crippen LogP contribution >= 0.6 is 27.5 Å². The summed E-state index contributed by atoms with van der Waals surface area (Å²) in [5, 5.41) is 30.7. The predicted molar refractivity (Wildman–Crippen MR) is 394 cm³/mol. The first-order valence-electron chi connectivity index (χ1n) is 36.0. The Morgan fingerprint density at radius 3 is 1.37 bits per heavy atom. The summed E-state index contributed by atoms with van der Waals surface area (Å²) in [7, 11) is 0. The number of likely N-dealkylation sites (tertiary alicyclic amines) is 2. The summed E-state index contributed by atoms with van der Waals surface area (Å²) in [6, 6.07) is 21.7. The number of hydrogen-bond donors (Lipinski definition) is 4. The topological polar surface area (TPSA) is 294 Å². The maximum Gasteiger partial charge on any atom is 0.410 e. The van der Waals surface area contributed by atoms with Gasteiger partial charge >= 0.3 is 6.09 Å². The lowest BCUT2D eigenvalue weighted by Crippen LogP contribution is -2.59. The minimum atomic E-state index is -0.453.